The van der Waals surface area contributed by atoms with Crippen molar-refractivity contribution >= 4 is 5.97 Å². The Kier molecular flexibility index (Phi) is 3.21. The largest absolute Gasteiger partial charge is 0.505 e. The maximum atomic E-state index is 13.0. The van der Waals surface area contributed by atoms with E-state index in [1.807, 2.05) is 0 Å². The number of aliphatic hydroxyl groups excluding tert-OH is 1. The van der Waals surface area contributed by atoms with Gasteiger partial charge in [-0.1, -0.05) is 6.07 Å². The summed E-state index contributed by atoms with van der Waals surface area (Å²) in [6.45, 7) is 0. The van der Waals surface area contributed by atoms with Crippen molar-refractivity contribution < 1.29 is 28.9 Å². The maximum Gasteiger partial charge on any atom is 0.332 e. The van der Waals surface area contributed by atoms with E-state index in [2.05, 4.69) is 0 Å². The van der Waals surface area contributed by atoms with E-state index in [4.69, 9.17) is 15.3 Å². The van der Waals surface area contributed by atoms with Crippen molar-refractivity contribution in [1.29, 1.82) is 0 Å². The van der Waals surface area contributed by atoms with Gasteiger partial charge in [0.15, 0.2) is 17.7 Å². The highest BCUT2D eigenvalue weighted by atomic mass is 19.2. The van der Waals surface area contributed by atoms with Crippen molar-refractivity contribution in [2.24, 2.45) is 0 Å². The highest BCUT2D eigenvalue weighted by Gasteiger charge is 2.19. The summed E-state index contributed by atoms with van der Waals surface area (Å²) in [7, 11) is 0. The molecule has 0 heterocycles. The van der Waals surface area contributed by atoms with Gasteiger partial charge in [-0.15, -0.1) is 0 Å². The fourth-order valence-corrected chi connectivity index (χ4v) is 1.03. The van der Waals surface area contributed by atoms with Crippen LogP contribution in [0.25, 0.3) is 0 Å². The SMILES string of the molecule is O=C(O)C(O)Cc1ccc(O)c(F)c1F. The summed E-state index contributed by atoms with van der Waals surface area (Å²) in [5.41, 5.74) is -0.305. The molecule has 82 valence electrons. The first-order valence-electron chi connectivity index (χ1n) is 4.00. The van der Waals surface area contributed by atoms with Crippen LogP contribution in [0.3, 0.4) is 0 Å². The fraction of sp³-hybridized carbons (Fsp3) is 0.222. The van der Waals surface area contributed by atoms with Crippen LogP contribution in [0.15, 0.2) is 12.1 Å². The van der Waals surface area contributed by atoms with Gasteiger partial charge >= 0.3 is 5.97 Å². The minimum absolute atomic E-state index is 0.305. The minimum Gasteiger partial charge on any atom is -0.505 e. The van der Waals surface area contributed by atoms with E-state index in [0.717, 1.165) is 12.1 Å². The summed E-state index contributed by atoms with van der Waals surface area (Å²) in [6, 6.07) is 1.90. The van der Waals surface area contributed by atoms with E-state index in [1.165, 1.54) is 0 Å². The lowest BCUT2D eigenvalue weighted by Gasteiger charge is -2.07. The van der Waals surface area contributed by atoms with Crippen LogP contribution >= 0.6 is 0 Å². The van der Waals surface area contributed by atoms with Gasteiger partial charge in [0.2, 0.25) is 5.82 Å². The molecule has 0 fully saturated rings. The Bertz CT molecular complexity index is 392. The first kappa shape index (κ1) is 11.4. The molecule has 0 radical (unpaired) electrons. The molecule has 0 aliphatic rings. The van der Waals surface area contributed by atoms with E-state index in [9.17, 15) is 13.6 Å². The molecule has 0 aliphatic heterocycles. The summed E-state index contributed by atoms with van der Waals surface area (Å²) in [6.07, 6.45) is -2.36. The Labute approximate surface area is 83.4 Å². The topological polar surface area (TPSA) is 77.8 Å². The number of phenolic OH excluding ortho intramolecular Hbond substituents is 1. The van der Waals surface area contributed by atoms with E-state index >= 15 is 0 Å². The number of halogens is 2. The smallest absolute Gasteiger partial charge is 0.332 e. The van der Waals surface area contributed by atoms with Crippen LogP contribution in [0.1, 0.15) is 5.56 Å². The highest BCUT2D eigenvalue weighted by Crippen LogP contribution is 2.22. The van der Waals surface area contributed by atoms with Gasteiger partial charge < -0.3 is 15.3 Å². The molecular weight excluding hydrogens is 210 g/mol. The van der Waals surface area contributed by atoms with Crippen LogP contribution in [0.5, 0.6) is 5.75 Å². The molecule has 0 saturated carbocycles. The van der Waals surface area contributed by atoms with Crippen LogP contribution < -0.4 is 0 Å². The van der Waals surface area contributed by atoms with E-state index < -0.39 is 35.9 Å². The molecule has 6 heteroatoms. The van der Waals surface area contributed by atoms with Crippen LogP contribution in [0, 0.1) is 11.6 Å². The Balaban J connectivity index is 2.97. The zero-order chi connectivity index (χ0) is 11.6. The average molecular weight is 218 g/mol. The number of benzene rings is 1. The number of hydrogen-bond donors (Lipinski definition) is 3. The third-order valence-corrected chi connectivity index (χ3v) is 1.84. The summed E-state index contributed by atoms with van der Waals surface area (Å²) >= 11 is 0. The van der Waals surface area contributed by atoms with Crippen LogP contribution in [-0.2, 0) is 11.2 Å². The lowest BCUT2D eigenvalue weighted by Crippen LogP contribution is -2.22. The molecule has 0 aromatic heterocycles. The number of aliphatic hydroxyl groups is 1. The standard InChI is InChI=1S/C9H8F2O4/c10-7-4(3-6(13)9(14)15)1-2-5(12)8(7)11/h1-2,6,12-13H,3H2,(H,14,15). The molecule has 3 N–H and O–H groups in total. The number of rotatable bonds is 3. The number of hydrogen-bond acceptors (Lipinski definition) is 3. The molecule has 0 saturated heterocycles. The zero-order valence-corrected chi connectivity index (χ0v) is 7.44. The minimum atomic E-state index is -1.80. The number of aliphatic carboxylic acids is 1. The van der Waals surface area contributed by atoms with Crippen LogP contribution in [-0.4, -0.2) is 27.4 Å². The van der Waals surface area contributed by atoms with Crippen molar-refractivity contribution in [2.75, 3.05) is 0 Å². The third kappa shape index (κ3) is 2.41. The monoisotopic (exact) mass is 218 g/mol. The summed E-state index contributed by atoms with van der Waals surface area (Å²) in [5.74, 6) is -5.19. The molecule has 4 nitrogen and oxygen atoms in total. The lowest BCUT2D eigenvalue weighted by atomic mass is 10.1. The summed E-state index contributed by atoms with van der Waals surface area (Å²) in [4.78, 5) is 10.3. The van der Waals surface area contributed by atoms with Crippen LogP contribution in [0.4, 0.5) is 8.78 Å². The van der Waals surface area contributed by atoms with Gasteiger partial charge in [-0.3, -0.25) is 0 Å². The quantitative estimate of drug-likeness (QED) is 0.696. The zero-order valence-electron chi connectivity index (χ0n) is 7.44. The molecule has 1 unspecified atom stereocenters. The van der Waals surface area contributed by atoms with E-state index in [0.29, 0.717) is 0 Å². The molecular formula is C9H8F2O4. The first-order chi connectivity index (χ1) is 6.93. The summed E-state index contributed by atoms with van der Waals surface area (Å²) < 4.78 is 25.8. The van der Waals surface area contributed by atoms with Crippen molar-refractivity contribution in [3.8, 4) is 5.75 Å². The maximum absolute atomic E-state index is 13.0. The van der Waals surface area contributed by atoms with Gasteiger partial charge in [0.05, 0.1) is 0 Å². The number of carboxylic acids is 1. The predicted molar refractivity (Wildman–Crippen MR) is 45.4 cm³/mol. The fourth-order valence-electron chi connectivity index (χ4n) is 1.03. The van der Waals surface area contributed by atoms with Gasteiger partial charge in [0.25, 0.3) is 0 Å². The van der Waals surface area contributed by atoms with Crippen molar-refractivity contribution in [1.82, 2.24) is 0 Å². The van der Waals surface area contributed by atoms with Gasteiger partial charge in [-0.25, -0.2) is 9.18 Å². The van der Waals surface area contributed by atoms with Gasteiger partial charge in [-0.05, 0) is 11.6 Å². The number of aromatic hydroxyl groups is 1. The second kappa shape index (κ2) is 4.22. The molecule has 1 aromatic carbocycles. The number of carbonyl (C=O) groups is 1. The Morgan fingerprint density at radius 1 is 1.33 bits per heavy atom. The van der Waals surface area contributed by atoms with Gasteiger partial charge in [-0.2, -0.15) is 4.39 Å². The Morgan fingerprint density at radius 3 is 2.47 bits per heavy atom. The lowest BCUT2D eigenvalue weighted by molar-refractivity contribution is -0.146. The second-order valence-corrected chi connectivity index (χ2v) is 2.93. The molecule has 1 rings (SSSR count). The van der Waals surface area contributed by atoms with Crippen molar-refractivity contribution in [3.63, 3.8) is 0 Å². The van der Waals surface area contributed by atoms with Gasteiger partial charge in [0.1, 0.15) is 0 Å². The second-order valence-electron chi connectivity index (χ2n) is 2.93. The Morgan fingerprint density at radius 2 is 1.93 bits per heavy atom. The molecule has 0 amide bonds. The van der Waals surface area contributed by atoms with E-state index in [1.54, 1.807) is 0 Å². The Hall–Kier alpha value is -1.69. The normalized spacial score (nSPS) is 12.5. The van der Waals surface area contributed by atoms with Gasteiger partial charge in [0, 0.05) is 6.42 Å². The van der Waals surface area contributed by atoms with Crippen molar-refractivity contribution in [2.45, 2.75) is 12.5 Å². The molecule has 0 aliphatic carbocycles. The third-order valence-electron chi connectivity index (χ3n) is 1.84. The molecule has 1 atom stereocenters. The molecule has 0 spiro atoms. The average Bonchev–Trinajstić information content (AvgIpc) is 2.18. The van der Waals surface area contributed by atoms with Crippen LogP contribution in [0.2, 0.25) is 0 Å². The van der Waals surface area contributed by atoms with Crippen molar-refractivity contribution in [3.05, 3.63) is 29.3 Å². The van der Waals surface area contributed by atoms with E-state index in [-0.39, 0.29) is 5.56 Å². The number of phenols is 1. The molecule has 15 heavy (non-hydrogen) atoms. The molecule has 0 bridgehead atoms. The first-order valence-corrected chi connectivity index (χ1v) is 4.00. The number of carboxylic acid groups (broad SMARTS) is 1. The molecule has 1 aromatic rings. The predicted octanol–water partition coefficient (Wildman–Crippen LogP) is 0.658. The summed E-state index contributed by atoms with van der Waals surface area (Å²) in [5, 5.41) is 26.0. The highest BCUT2D eigenvalue weighted by molar-refractivity contribution is 5.72.